The predicted octanol–water partition coefficient (Wildman–Crippen LogP) is 3.37. The highest BCUT2D eigenvalue weighted by molar-refractivity contribution is 8.13. The van der Waals surface area contributed by atoms with Gasteiger partial charge < -0.3 is 5.11 Å². The topological polar surface area (TPSA) is 57.0 Å². The number of aliphatic imine (C=N–C) groups is 1. The molecule has 0 aliphatic rings. The molecule has 0 fully saturated rings. The maximum absolute atomic E-state index is 9.61. The summed E-state index contributed by atoms with van der Waals surface area (Å²) in [5.41, 5.74) is 4.38. The molecule has 0 saturated carbocycles. The third kappa shape index (κ3) is 4.13. The van der Waals surface area contributed by atoms with Gasteiger partial charge in [0, 0.05) is 5.56 Å². The van der Waals surface area contributed by atoms with Crippen LogP contribution in [-0.2, 0) is 0 Å². The standard InChI is InChI=1S/C15H15N3OS/c1-20-15(17-13-8-3-2-4-9-13)18-16-11-12-7-5-6-10-14(12)19/h2-11,19H,1H3,(H,17,18)/b16-11+. The minimum absolute atomic E-state index is 0.198. The van der Waals surface area contributed by atoms with Gasteiger partial charge in [-0.3, -0.25) is 5.43 Å². The maximum Gasteiger partial charge on any atom is 0.182 e. The Balaban J connectivity index is 2.05. The number of hydrogen-bond acceptors (Lipinski definition) is 4. The molecule has 0 radical (unpaired) electrons. The van der Waals surface area contributed by atoms with Gasteiger partial charge in [0.15, 0.2) is 5.17 Å². The van der Waals surface area contributed by atoms with Crippen LogP contribution in [0.15, 0.2) is 64.7 Å². The molecule has 2 rings (SSSR count). The molecule has 2 aromatic rings. The first-order valence-electron chi connectivity index (χ1n) is 6.04. The van der Waals surface area contributed by atoms with E-state index in [0.717, 1.165) is 5.69 Å². The third-order valence-corrected chi connectivity index (χ3v) is 3.05. The number of nitrogens with zero attached hydrogens (tertiary/aromatic N) is 2. The van der Waals surface area contributed by atoms with Gasteiger partial charge in [0.2, 0.25) is 0 Å². The van der Waals surface area contributed by atoms with E-state index in [1.54, 1.807) is 24.4 Å². The Bertz CT molecular complexity index is 612. The van der Waals surface area contributed by atoms with E-state index in [9.17, 15) is 5.11 Å². The highest BCUT2D eigenvalue weighted by atomic mass is 32.2. The van der Waals surface area contributed by atoms with Crippen LogP contribution in [0.3, 0.4) is 0 Å². The number of benzene rings is 2. The highest BCUT2D eigenvalue weighted by Gasteiger charge is 1.97. The maximum atomic E-state index is 9.61. The molecular weight excluding hydrogens is 270 g/mol. The average Bonchev–Trinajstić information content (AvgIpc) is 2.49. The van der Waals surface area contributed by atoms with E-state index >= 15 is 0 Å². The molecule has 0 amide bonds. The lowest BCUT2D eigenvalue weighted by Gasteiger charge is -2.02. The molecule has 102 valence electrons. The second kappa shape index (κ2) is 7.35. The zero-order valence-electron chi connectivity index (χ0n) is 11.0. The molecule has 0 bridgehead atoms. The zero-order chi connectivity index (χ0) is 14.2. The summed E-state index contributed by atoms with van der Waals surface area (Å²) >= 11 is 1.47. The van der Waals surface area contributed by atoms with Gasteiger partial charge in [0.1, 0.15) is 5.75 Å². The first kappa shape index (κ1) is 14.1. The first-order chi connectivity index (χ1) is 9.79. The molecule has 0 aromatic heterocycles. The zero-order valence-corrected chi connectivity index (χ0v) is 11.8. The molecule has 5 heteroatoms. The first-order valence-corrected chi connectivity index (χ1v) is 7.27. The smallest absolute Gasteiger partial charge is 0.182 e. The van der Waals surface area contributed by atoms with Crippen LogP contribution in [-0.4, -0.2) is 22.7 Å². The largest absolute Gasteiger partial charge is 0.507 e. The summed E-state index contributed by atoms with van der Waals surface area (Å²) in [6.07, 6.45) is 3.48. The summed E-state index contributed by atoms with van der Waals surface area (Å²) in [5.74, 6) is 0.198. The van der Waals surface area contributed by atoms with E-state index in [0.29, 0.717) is 10.7 Å². The number of para-hydroxylation sites is 2. The molecule has 2 aromatic carbocycles. The SMILES string of the molecule is CSC(=Nc1ccccc1)N/N=C/c1ccccc1O. The van der Waals surface area contributed by atoms with E-state index in [-0.39, 0.29) is 5.75 Å². The molecular formula is C15H15N3OS. The van der Waals surface area contributed by atoms with Gasteiger partial charge in [0.05, 0.1) is 11.9 Å². The quantitative estimate of drug-likeness (QED) is 0.516. The van der Waals surface area contributed by atoms with Crippen LogP contribution in [0.4, 0.5) is 5.69 Å². The number of phenolic OH excluding ortho intramolecular Hbond substituents is 1. The fourth-order valence-electron chi connectivity index (χ4n) is 1.49. The fraction of sp³-hybridized carbons (Fsp3) is 0.0667. The lowest BCUT2D eigenvalue weighted by atomic mass is 10.2. The molecule has 20 heavy (non-hydrogen) atoms. The number of amidine groups is 1. The molecule has 0 aliphatic carbocycles. The number of thioether (sulfide) groups is 1. The average molecular weight is 285 g/mol. The molecule has 0 atom stereocenters. The van der Waals surface area contributed by atoms with Crippen LogP contribution in [0.2, 0.25) is 0 Å². The summed E-state index contributed by atoms with van der Waals surface area (Å²) in [4.78, 5) is 4.42. The van der Waals surface area contributed by atoms with Crippen LogP contribution in [0.25, 0.3) is 0 Å². The summed E-state index contributed by atoms with van der Waals surface area (Å²) in [7, 11) is 0. The number of nitrogens with one attached hydrogen (secondary N) is 1. The summed E-state index contributed by atoms with van der Waals surface area (Å²) in [6.45, 7) is 0. The lowest BCUT2D eigenvalue weighted by Crippen LogP contribution is -2.13. The van der Waals surface area contributed by atoms with Gasteiger partial charge in [-0.2, -0.15) is 5.10 Å². The van der Waals surface area contributed by atoms with Crippen LogP contribution in [0.5, 0.6) is 5.75 Å². The Morgan fingerprint density at radius 1 is 1.10 bits per heavy atom. The van der Waals surface area contributed by atoms with Crippen LogP contribution in [0.1, 0.15) is 5.56 Å². The Morgan fingerprint density at radius 2 is 1.80 bits per heavy atom. The number of aromatic hydroxyl groups is 1. The van der Waals surface area contributed by atoms with Gasteiger partial charge in [-0.25, -0.2) is 4.99 Å². The number of rotatable bonds is 3. The Kier molecular flexibility index (Phi) is 5.20. The molecule has 4 nitrogen and oxygen atoms in total. The molecule has 0 unspecified atom stereocenters. The van der Waals surface area contributed by atoms with E-state index in [1.807, 2.05) is 42.7 Å². The van der Waals surface area contributed by atoms with Crippen LogP contribution < -0.4 is 5.43 Å². The van der Waals surface area contributed by atoms with Crippen LogP contribution in [0, 0.1) is 0 Å². The summed E-state index contributed by atoms with van der Waals surface area (Å²) < 4.78 is 0. The van der Waals surface area contributed by atoms with Crippen molar-refractivity contribution in [1.29, 1.82) is 0 Å². The van der Waals surface area contributed by atoms with E-state index in [4.69, 9.17) is 0 Å². The van der Waals surface area contributed by atoms with Gasteiger partial charge in [-0.05, 0) is 30.5 Å². The van der Waals surface area contributed by atoms with E-state index in [2.05, 4.69) is 15.5 Å². The number of phenols is 1. The van der Waals surface area contributed by atoms with Crippen molar-refractivity contribution in [3.05, 3.63) is 60.2 Å². The Hall–Kier alpha value is -2.27. The van der Waals surface area contributed by atoms with Gasteiger partial charge in [-0.15, -0.1) is 0 Å². The second-order valence-corrected chi connectivity index (χ2v) is 4.68. The molecule has 2 N–H and O–H groups in total. The van der Waals surface area contributed by atoms with E-state index < -0.39 is 0 Å². The monoisotopic (exact) mass is 285 g/mol. The predicted molar refractivity (Wildman–Crippen MR) is 85.9 cm³/mol. The number of hydrogen-bond donors (Lipinski definition) is 2. The normalized spacial score (nSPS) is 11.8. The molecule has 0 heterocycles. The van der Waals surface area contributed by atoms with Gasteiger partial charge in [-0.1, -0.05) is 42.1 Å². The van der Waals surface area contributed by atoms with Crippen molar-refractivity contribution in [1.82, 2.24) is 5.43 Å². The van der Waals surface area contributed by atoms with Crippen molar-refractivity contribution in [3.63, 3.8) is 0 Å². The molecule has 0 saturated heterocycles. The van der Waals surface area contributed by atoms with Crippen molar-refractivity contribution in [2.45, 2.75) is 0 Å². The van der Waals surface area contributed by atoms with Crippen molar-refractivity contribution in [2.75, 3.05) is 6.26 Å². The van der Waals surface area contributed by atoms with E-state index in [1.165, 1.54) is 11.8 Å². The van der Waals surface area contributed by atoms with Crippen molar-refractivity contribution >= 4 is 28.8 Å². The third-order valence-electron chi connectivity index (χ3n) is 2.48. The Labute approximate surface area is 122 Å². The minimum atomic E-state index is 0.198. The minimum Gasteiger partial charge on any atom is -0.507 e. The lowest BCUT2D eigenvalue weighted by molar-refractivity contribution is 0.474. The van der Waals surface area contributed by atoms with Crippen molar-refractivity contribution in [2.24, 2.45) is 10.1 Å². The fourth-order valence-corrected chi connectivity index (χ4v) is 1.83. The summed E-state index contributed by atoms with van der Waals surface area (Å²) in [5, 5.41) is 14.4. The highest BCUT2D eigenvalue weighted by Crippen LogP contribution is 2.13. The van der Waals surface area contributed by atoms with Crippen molar-refractivity contribution < 1.29 is 5.11 Å². The van der Waals surface area contributed by atoms with Gasteiger partial charge >= 0.3 is 0 Å². The van der Waals surface area contributed by atoms with Crippen molar-refractivity contribution in [3.8, 4) is 5.75 Å². The second-order valence-electron chi connectivity index (χ2n) is 3.89. The molecule has 0 spiro atoms. The summed E-state index contributed by atoms with van der Waals surface area (Å²) in [6, 6.07) is 16.7. The Morgan fingerprint density at radius 3 is 2.50 bits per heavy atom. The number of hydrazone groups is 1. The van der Waals surface area contributed by atoms with Crippen LogP contribution >= 0.6 is 11.8 Å². The molecule has 0 aliphatic heterocycles. The van der Waals surface area contributed by atoms with Gasteiger partial charge in [0.25, 0.3) is 0 Å².